The summed E-state index contributed by atoms with van der Waals surface area (Å²) < 4.78 is 0. The van der Waals surface area contributed by atoms with E-state index < -0.39 is 0 Å². The van der Waals surface area contributed by atoms with Gasteiger partial charge < -0.3 is 9.88 Å². The monoisotopic (exact) mass is 356 g/mol. The van der Waals surface area contributed by atoms with Gasteiger partial charge in [0, 0.05) is 6.54 Å². The van der Waals surface area contributed by atoms with Crippen LogP contribution in [-0.2, 0) is 4.79 Å². The van der Waals surface area contributed by atoms with Crippen LogP contribution >= 0.6 is 11.8 Å². The van der Waals surface area contributed by atoms with Crippen molar-refractivity contribution in [3.63, 3.8) is 0 Å². The summed E-state index contributed by atoms with van der Waals surface area (Å²) in [5.74, 6) is 2.08. The number of hydrogen-bond donors (Lipinski definition) is 2. The lowest BCUT2D eigenvalue weighted by atomic mass is 10.2. The van der Waals surface area contributed by atoms with Crippen molar-refractivity contribution in [1.82, 2.24) is 30.0 Å². The molecule has 1 atom stereocenters. The normalized spacial score (nSPS) is 17.5. The SMILES string of the molecule is Cc1nc(SCC(=O)N2CCCC2c2nc3c(C)cccc3[nH]2)n[nH]1. The molecule has 2 aromatic heterocycles. The van der Waals surface area contributed by atoms with Gasteiger partial charge in [-0.1, -0.05) is 23.9 Å². The number of para-hydroxylation sites is 1. The summed E-state index contributed by atoms with van der Waals surface area (Å²) in [4.78, 5) is 27.0. The molecule has 1 aliphatic heterocycles. The first-order valence-electron chi connectivity index (χ1n) is 8.38. The maximum Gasteiger partial charge on any atom is 0.233 e. The second kappa shape index (κ2) is 6.51. The zero-order valence-corrected chi connectivity index (χ0v) is 15.1. The number of aryl methyl sites for hydroxylation is 2. The molecule has 7 nitrogen and oxygen atoms in total. The van der Waals surface area contributed by atoms with E-state index in [1.165, 1.54) is 11.8 Å². The van der Waals surface area contributed by atoms with Crippen LogP contribution in [0, 0.1) is 13.8 Å². The van der Waals surface area contributed by atoms with Crippen molar-refractivity contribution >= 4 is 28.7 Å². The number of amides is 1. The van der Waals surface area contributed by atoms with Gasteiger partial charge >= 0.3 is 0 Å². The van der Waals surface area contributed by atoms with Crippen molar-refractivity contribution in [3.8, 4) is 0 Å². The van der Waals surface area contributed by atoms with E-state index in [0.717, 1.165) is 47.6 Å². The number of benzene rings is 1. The zero-order valence-electron chi connectivity index (χ0n) is 14.2. The lowest BCUT2D eigenvalue weighted by molar-refractivity contribution is -0.129. The number of hydrogen-bond acceptors (Lipinski definition) is 5. The maximum absolute atomic E-state index is 12.7. The Labute approximate surface area is 149 Å². The Bertz CT molecular complexity index is 917. The first kappa shape index (κ1) is 16.1. The number of nitrogens with one attached hydrogen (secondary N) is 2. The maximum atomic E-state index is 12.7. The van der Waals surface area contributed by atoms with Crippen LogP contribution in [0.2, 0.25) is 0 Å². The number of H-pyrrole nitrogens is 2. The van der Waals surface area contributed by atoms with Gasteiger partial charge in [-0.3, -0.25) is 9.89 Å². The highest BCUT2D eigenvalue weighted by molar-refractivity contribution is 7.99. The van der Waals surface area contributed by atoms with Crippen LogP contribution in [-0.4, -0.2) is 48.3 Å². The first-order valence-corrected chi connectivity index (χ1v) is 9.37. The fraction of sp³-hybridized carbons (Fsp3) is 0.412. The Balaban J connectivity index is 1.50. The summed E-state index contributed by atoms with van der Waals surface area (Å²) in [6.45, 7) is 4.67. The number of carbonyl (C=O) groups excluding carboxylic acids is 1. The van der Waals surface area contributed by atoms with Crippen LogP contribution in [0.5, 0.6) is 0 Å². The quantitative estimate of drug-likeness (QED) is 0.702. The number of thioether (sulfide) groups is 1. The topological polar surface area (TPSA) is 90.6 Å². The average Bonchev–Trinajstić information content (AvgIpc) is 3.31. The second-order valence-corrected chi connectivity index (χ2v) is 7.27. The van der Waals surface area contributed by atoms with Crippen LogP contribution in [0.15, 0.2) is 23.4 Å². The predicted molar refractivity (Wildman–Crippen MR) is 96.4 cm³/mol. The standard InChI is InChI=1S/C17H20N6OS/c1-10-5-3-6-12-15(10)20-16(19-12)13-7-4-8-23(13)14(24)9-25-17-18-11(2)21-22-17/h3,5-6,13H,4,7-9H2,1-2H3,(H,19,20)(H,18,21,22). The van der Waals surface area contributed by atoms with Gasteiger partial charge in [-0.05, 0) is 38.3 Å². The molecule has 0 saturated carbocycles. The molecule has 8 heteroatoms. The van der Waals surface area contributed by atoms with Gasteiger partial charge in [0.1, 0.15) is 11.6 Å². The predicted octanol–water partition coefficient (Wildman–Crippen LogP) is 2.75. The van der Waals surface area contributed by atoms with Gasteiger partial charge in [0.25, 0.3) is 0 Å². The molecule has 0 radical (unpaired) electrons. The number of carbonyl (C=O) groups is 1. The van der Waals surface area contributed by atoms with Gasteiger partial charge in [0.05, 0.1) is 22.8 Å². The third-order valence-corrected chi connectivity index (χ3v) is 5.36. The zero-order chi connectivity index (χ0) is 17.4. The summed E-state index contributed by atoms with van der Waals surface area (Å²) in [7, 11) is 0. The van der Waals surface area contributed by atoms with E-state index in [4.69, 9.17) is 4.98 Å². The van der Waals surface area contributed by atoms with E-state index in [9.17, 15) is 4.79 Å². The number of aromatic amines is 2. The average molecular weight is 356 g/mol. The minimum Gasteiger partial charge on any atom is -0.340 e. The highest BCUT2D eigenvalue weighted by Gasteiger charge is 2.32. The Hall–Kier alpha value is -2.35. The summed E-state index contributed by atoms with van der Waals surface area (Å²) >= 11 is 1.37. The molecule has 3 heterocycles. The summed E-state index contributed by atoms with van der Waals surface area (Å²) in [5, 5.41) is 7.47. The van der Waals surface area contributed by atoms with Crippen molar-refractivity contribution in [2.75, 3.05) is 12.3 Å². The molecule has 1 aromatic carbocycles. The van der Waals surface area contributed by atoms with Crippen molar-refractivity contribution in [1.29, 1.82) is 0 Å². The van der Waals surface area contributed by atoms with Crippen LogP contribution in [0.4, 0.5) is 0 Å². The molecule has 3 aromatic rings. The number of rotatable bonds is 4. The summed E-state index contributed by atoms with van der Waals surface area (Å²) in [5.41, 5.74) is 3.16. The molecular formula is C17H20N6OS. The third kappa shape index (κ3) is 3.13. The Morgan fingerprint density at radius 2 is 2.24 bits per heavy atom. The molecule has 130 valence electrons. The molecule has 25 heavy (non-hydrogen) atoms. The minimum atomic E-state index is 0.0220. The van der Waals surface area contributed by atoms with Crippen LogP contribution < -0.4 is 0 Å². The van der Waals surface area contributed by atoms with Crippen LogP contribution in [0.3, 0.4) is 0 Å². The summed E-state index contributed by atoms with van der Waals surface area (Å²) in [6.07, 6.45) is 1.94. The first-order chi connectivity index (χ1) is 12.1. The van der Waals surface area contributed by atoms with Crippen molar-refractivity contribution < 1.29 is 4.79 Å². The fourth-order valence-corrected chi connectivity index (χ4v) is 4.03. The molecule has 0 aliphatic carbocycles. The number of nitrogens with zero attached hydrogens (tertiary/aromatic N) is 4. The molecule has 4 rings (SSSR count). The van der Waals surface area contributed by atoms with E-state index in [-0.39, 0.29) is 11.9 Å². The molecule has 1 amide bonds. The number of aromatic nitrogens is 5. The molecule has 1 unspecified atom stereocenters. The highest BCUT2D eigenvalue weighted by Crippen LogP contribution is 2.32. The highest BCUT2D eigenvalue weighted by atomic mass is 32.2. The van der Waals surface area contributed by atoms with Crippen LogP contribution in [0.25, 0.3) is 11.0 Å². The molecule has 0 spiro atoms. The van der Waals surface area contributed by atoms with E-state index in [2.05, 4.69) is 33.2 Å². The van der Waals surface area contributed by atoms with Gasteiger partial charge in [0.15, 0.2) is 0 Å². The summed E-state index contributed by atoms with van der Waals surface area (Å²) in [6, 6.07) is 6.13. The fourth-order valence-electron chi connectivity index (χ4n) is 3.30. The molecular weight excluding hydrogens is 336 g/mol. The molecule has 1 fully saturated rings. The van der Waals surface area contributed by atoms with Gasteiger partial charge in [-0.15, -0.1) is 5.10 Å². The largest absolute Gasteiger partial charge is 0.340 e. The Morgan fingerprint density at radius 1 is 1.36 bits per heavy atom. The van der Waals surface area contributed by atoms with Gasteiger partial charge in [0.2, 0.25) is 11.1 Å². The van der Waals surface area contributed by atoms with Gasteiger partial charge in [-0.2, -0.15) is 0 Å². The number of fused-ring (bicyclic) bond motifs is 1. The van der Waals surface area contributed by atoms with Crippen molar-refractivity contribution in [3.05, 3.63) is 35.4 Å². The van der Waals surface area contributed by atoms with E-state index in [0.29, 0.717) is 10.9 Å². The molecule has 1 saturated heterocycles. The molecule has 0 bridgehead atoms. The number of likely N-dealkylation sites (tertiary alicyclic amines) is 1. The van der Waals surface area contributed by atoms with E-state index in [1.54, 1.807) is 0 Å². The lowest BCUT2D eigenvalue weighted by Crippen LogP contribution is -2.32. The Kier molecular flexibility index (Phi) is 4.20. The van der Waals surface area contributed by atoms with E-state index >= 15 is 0 Å². The smallest absolute Gasteiger partial charge is 0.233 e. The second-order valence-electron chi connectivity index (χ2n) is 6.33. The number of imidazole rings is 1. The molecule has 2 N–H and O–H groups in total. The Morgan fingerprint density at radius 3 is 3.00 bits per heavy atom. The van der Waals surface area contributed by atoms with Gasteiger partial charge in [-0.25, -0.2) is 9.97 Å². The van der Waals surface area contributed by atoms with E-state index in [1.807, 2.05) is 24.0 Å². The third-order valence-electron chi connectivity index (χ3n) is 4.52. The molecule has 1 aliphatic rings. The van der Waals surface area contributed by atoms with Crippen molar-refractivity contribution in [2.24, 2.45) is 0 Å². The van der Waals surface area contributed by atoms with Crippen molar-refractivity contribution in [2.45, 2.75) is 37.9 Å². The van der Waals surface area contributed by atoms with Crippen LogP contribution in [0.1, 0.15) is 36.1 Å². The lowest BCUT2D eigenvalue weighted by Gasteiger charge is -2.22. The minimum absolute atomic E-state index is 0.0220.